The third-order valence-corrected chi connectivity index (χ3v) is 4.99. The van der Waals surface area contributed by atoms with Crippen LogP contribution in [-0.2, 0) is 0 Å². The van der Waals surface area contributed by atoms with E-state index in [-0.39, 0.29) is 1.69 Å². The first kappa shape index (κ1) is 9.41. The molecular weight excluding hydrogens is 253 g/mol. The van der Waals surface area contributed by atoms with Gasteiger partial charge in [0, 0.05) is 0 Å². The van der Waals surface area contributed by atoms with Gasteiger partial charge < -0.3 is 0 Å². The van der Waals surface area contributed by atoms with Crippen LogP contribution >= 0.6 is 0 Å². The Balaban J connectivity index is 2.42. The molecule has 0 spiro atoms. The molecule has 1 fully saturated rings. The molecule has 10 heavy (non-hydrogen) atoms. The van der Waals surface area contributed by atoms with Crippen LogP contribution in [0.5, 0.6) is 0 Å². The summed E-state index contributed by atoms with van der Waals surface area (Å²) < 4.78 is 0.0844. The van der Waals surface area contributed by atoms with Crippen molar-refractivity contribution in [3.63, 3.8) is 0 Å². The van der Waals surface area contributed by atoms with Crippen LogP contribution < -0.4 is 0 Å². The minimum atomic E-state index is 0.0844. The molecule has 2 heteroatoms. The normalized spacial score (nSPS) is 25.3. The van der Waals surface area contributed by atoms with Gasteiger partial charge in [0.1, 0.15) is 0 Å². The summed E-state index contributed by atoms with van der Waals surface area (Å²) in [6, 6.07) is 0. The van der Waals surface area contributed by atoms with E-state index in [9.17, 15) is 5.11 Å². The zero-order chi connectivity index (χ0) is 7.61. The fourth-order valence-electron chi connectivity index (χ4n) is 1.82. The van der Waals surface area contributed by atoms with Crippen LogP contribution in [0.4, 0.5) is 0 Å². The quantitative estimate of drug-likeness (QED) is 0.827. The summed E-state index contributed by atoms with van der Waals surface area (Å²) in [7, 11) is 0. The first-order valence-electron chi connectivity index (χ1n) is 4.15. The average Bonchev–Trinajstić information content (AvgIpc) is 1.77. The SMILES string of the molecule is CCCC1([CH](O)[Pr])CCC1. The van der Waals surface area contributed by atoms with Gasteiger partial charge in [-0.25, -0.2) is 0 Å². The molecule has 1 saturated carbocycles. The molecule has 1 unspecified atom stereocenters. The summed E-state index contributed by atoms with van der Waals surface area (Å²) in [5.41, 5.74) is 0.402. The van der Waals surface area contributed by atoms with Crippen molar-refractivity contribution in [3.05, 3.63) is 0 Å². The first-order chi connectivity index (χ1) is 4.71. The van der Waals surface area contributed by atoms with Crippen molar-refractivity contribution in [2.45, 2.75) is 40.7 Å². The van der Waals surface area contributed by atoms with Crippen molar-refractivity contribution in [2.75, 3.05) is 0 Å². The van der Waals surface area contributed by atoms with Gasteiger partial charge in [-0.2, -0.15) is 0 Å². The van der Waals surface area contributed by atoms with E-state index in [2.05, 4.69) is 6.92 Å². The molecule has 0 saturated heterocycles. The Bertz CT molecular complexity index is 108. The predicted octanol–water partition coefficient (Wildman–Crippen LogP) is 1.82. The van der Waals surface area contributed by atoms with E-state index in [4.69, 9.17) is 0 Å². The molecule has 0 heterocycles. The van der Waals surface area contributed by atoms with E-state index in [1.807, 2.05) is 0 Å². The van der Waals surface area contributed by atoms with Gasteiger partial charge >= 0.3 is 90.4 Å². The van der Waals surface area contributed by atoms with Crippen LogP contribution in [0.3, 0.4) is 0 Å². The van der Waals surface area contributed by atoms with Crippen LogP contribution in [0.2, 0.25) is 0 Å². The van der Waals surface area contributed by atoms with Gasteiger partial charge in [-0.3, -0.25) is 0 Å². The van der Waals surface area contributed by atoms with Gasteiger partial charge in [-0.15, -0.1) is 0 Å². The second-order valence-corrected chi connectivity index (χ2v) is 5.44. The van der Waals surface area contributed by atoms with Crippen LogP contribution in [-0.4, -0.2) is 6.79 Å². The van der Waals surface area contributed by atoms with Gasteiger partial charge in [0.25, 0.3) is 0 Å². The number of rotatable bonds is 3. The van der Waals surface area contributed by atoms with Gasteiger partial charge in [-0.05, 0) is 0 Å². The predicted molar refractivity (Wildman–Crippen MR) is 37.2 cm³/mol. The molecule has 0 radical (unpaired) electrons. The third-order valence-electron chi connectivity index (χ3n) is 2.72. The van der Waals surface area contributed by atoms with Gasteiger partial charge in [0.2, 0.25) is 0 Å². The molecular formula is C8H15OPr. The van der Waals surface area contributed by atoms with Gasteiger partial charge in [0.15, 0.2) is 0 Å². The van der Waals surface area contributed by atoms with Crippen LogP contribution in [0.25, 0.3) is 0 Å². The van der Waals surface area contributed by atoms with Crippen molar-refractivity contribution in [1.29, 1.82) is 0 Å². The molecule has 1 atom stereocenters. The van der Waals surface area contributed by atoms with Crippen molar-refractivity contribution in [1.82, 2.24) is 0 Å². The summed E-state index contributed by atoms with van der Waals surface area (Å²) >= 11 is 0.761. The Labute approximate surface area is 89.5 Å². The first-order valence-corrected chi connectivity index (χ1v) is 6.29. The summed E-state index contributed by atoms with van der Waals surface area (Å²) in [4.78, 5) is 0. The molecule has 0 amide bonds. The Morgan fingerprint density at radius 1 is 1.60 bits per heavy atom. The van der Waals surface area contributed by atoms with E-state index >= 15 is 0 Å². The standard InChI is InChI=1S/C8H15O.Pr/c1-2-4-8(7-9)5-3-6-8;/h7,9H,2-6H2,1H3;. The van der Waals surface area contributed by atoms with Crippen molar-refractivity contribution in [2.24, 2.45) is 5.41 Å². The Hall–Kier alpha value is 1.32. The molecule has 0 aromatic heterocycles. The molecule has 1 aliphatic rings. The number of hydrogen-bond acceptors (Lipinski definition) is 1. The van der Waals surface area contributed by atoms with E-state index in [0.717, 1.165) is 39.2 Å². The number of aliphatic hydroxyl groups is 1. The Kier molecular flexibility index (Phi) is 3.60. The molecule has 0 bridgehead atoms. The fraction of sp³-hybridized carbons (Fsp3) is 1.00. The second-order valence-electron chi connectivity index (χ2n) is 3.41. The fourth-order valence-corrected chi connectivity index (χ4v) is 3.43. The average molecular weight is 268 g/mol. The van der Waals surface area contributed by atoms with E-state index in [0.29, 0.717) is 5.41 Å². The van der Waals surface area contributed by atoms with Crippen molar-refractivity contribution in [3.8, 4) is 0 Å². The molecule has 1 aliphatic carbocycles. The maximum atomic E-state index is 9.53. The van der Waals surface area contributed by atoms with E-state index in [1.165, 1.54) is 32.1 Å². The third kappa shape index (κ3) is 1.73. The van der Waals surface area contributed by atoms with Crippen LogP contribution in [0.15, 0.2) is 0 Å². The number of hydrogen-bond donors (Lipinski definition) is 1. The van der Waals surface area contributed by atoms with E-state index in [1.54, 1.807) is 0 Å². The summed E-state index contributed by atoms with van der Waals surface area (Å²) in [5.74, 6) is 0. The number of aliphatic hydroxyl groups excluding tert-OH is 1. The molecule has 0 aromatic rings. The maximum absolute atomic E-state index is 9.53. The van der Waals surface area contributed by atoms with Gasteiger partial charge in [-0.1, -0.05) is 0 Å². The Morgan fingerprint density at radius 2 is 2.20 bits per heavy atom. The summed E-state index contributed by atoms with van der Waals surface area (Å²) in [6.45, 7) is 2.22. The van der Waals surface area contributed by atoms with Gasteiger partial charge in [0.05, 0.1) is 0 Å². The zero-order valence-corrected chi connectivity index (χ0v) is 10.3. The van der Waals surface area contributed by atoms with Crippen molar-refractivity contribution < 1.29 is 44.3 Å². The van der Waals surface area contributed by atoms with Crippen molar-refractivity contribution >= 4 is 0 Å². The molecule has 1 rings (SSSR count). The monoisotopic (exact) mass is 268 g/mol. The molecule has 1 N–H and O–H groups in total. The molecule has 0 aromatic carbocycles. The summed E-state index contributed by atoms with van der Waals surface area (Å²) in [6.07, 6.45) is 6.43. The molecule has 1 nitrogen and oxygen atoms in total. The van der Waals surface area contributed by atoms with Crippen LogP contribution in [0.1, 0.15) is 39.0 Å². The zero-order valence-electron chi connectivity index (χ0n) is 6.64. The summed E-state index contributed by atoms with van der Waals surface area (Å²) in [5, 5.41) is 9.53. The minimum absolute atomic E-state index is 0.0844. The molecule has 56 valence electrons. The van der Waals surface area contributed by atoms with Crippen LogP contribution in [0, 0.1) is 44.6 Å². The van der Waals surface area contributed by atoms with E-state index < -0.39 is 0 Å². The Morgan fingerprint density at radius 3 is 2.30 bits per heavy atom. The topological polar surface area (TPSA) is 20.2 Å². The molecule has 0 aliphatic heterocycles. The second kappa shape index (κ2) is 3.82.